The maximum absolute atomic E-state index is 14.0. The third-order valence-corrected chi connectivity index (χ3v) is 34.0. The van der Waals surface area contributed by atoms with E-state index < -0.39 is 69.8 Å². The predicted octanol–water partition coefficient (Wildman–Crippen LogP) is 14.3. The molecule has 1 aromatic rings. The van der Waals surface area contributed by atoms with Crippen LogP contribution in [0, 0.1) is 0 Å². The van der Waals surface area contributed by atoms with Gasteiger partial charge in [-0.1, -0.05) is 130 Å². The largest absolute Gasteiger partial charge is 0.458 e. The van der Waals surface area contributed by atoms with E-state index in [2.05, 4.69) is 145 Å². The molecule has 9 nitrogen and oxygen atoms in total. The zero-order valence-electron chi connectivity index (χ0n) is 44.0. The van der Waals surface area contributed by atoms with Crippen molar-refractivity contribution in [2.75, 3.05) is 6.61 Å². The molecule has 3 rings (SSSR count). The minimum absolute atomic E-state index is 0.0157. The summed E-state index contributed by atoms with van der Waals surface area (Å²) < 4.78 is 50.6. The third kappa shape index (κ3) is 16.3. The van der Waals surface area contributed by atoms with Crippen molar-refractivity contribution < 1.29 is 41.5 Å². The Labute approximate surface area is 408 Å². The smallest absolute Gasteiger partial charge is 0.338 e. The van der Waals surface area contributed by atoms with E-state index in [0.717, 1.165) is 37.4 Å². The molecule has 0 amide bonds. The van der Waals surface area contributed by atoms with Crippen LogP contribution in [0.4, 0.5) is 0 Å². The SMILES string of the molecule is C=C(Br)C[C@@H](CCC(=O)/C=C/C(O[Si](C)(C)C(C)(C)C)[C@@H]1O[C@H]2CC[C@H](CCO[Si](CC)(CC)CC)O[C@@H]2C(O[Si](C)(C)C(C)(C)C)C1O[Si](C)(C)C(C)(C)C)OC(=O)c1ccccc1. The van der Waals surface area contributed by atoms with Crippen molar-refractivity contribution in [1.29, 1.82) is 0 Å². The summed E-state index contributed by atoms with van der Waals surface area (Å²) >= 11 is 3.45. The fourth-order valence-electron chi connectivity index (χ4n) is 7.79. The summed E-state index contributed by atoms with van der Waals surface area (Å²) in [5.41, 5.74) is 0.464. The van der Waals surface area contributed by atoms with E-state index in [0.29, 0.717) is 29.5 Å². The number of allylic oxidation sites excluding steroid dienone is 1. The van der Waals surface area contributed by atoms with Gasteiger partial charge in [0.1, 0.15) is 30.5 Å². The van der Waals surface area contributed by atoms with Crippen LogP contribution in [-0.2, 0) is 36.7 Å². The van der Waals surface area contributed by atoms with Crippen LogP contribution in [0.15, 0.2) is 53.5 Å². The molecule has 0 bridgehead atoms. The highest BCUT2D eigenvalue weighted by molar-refractivity contribution is 9.11. The van der Waals surface area contributed by atoms with Crippen LogP contribution < -0.4 is 0 Å². The molecule has 372 valence electrons. The number of ether oxygens (including phenoxy) is 3. The summed E-state index contributed by atoms with van der Waals surface area (Å²) in [6, 6.07) is 12.3. The average molecular weight is 1040 g/mol. The van der Waals surface area contributed by atoms with Crippen LogP contribution in [0.5, 0.6) is 0 Å². The zero-order chi connectivity index (χ0) is 49.4. The van der Waals surface area contributed by atoms with Crippen LogP contribution in [-0.4, -0.2) is 100 Å². The van der Waals surface area contributed by atoms with E-state index in [9.17, 15) is 9.59 Å². The Bertz CT molecular complexity index is 1700. The van der Waals surface area contributed by atoms with E-state index >= 15 is 0 Å². The maximum atomic E-state index is 14.0. The van der Waals surface area contributed by atoms with E-state index in [-0.39, 0.29) is 45.6 Å². The Morgan fingerprint density at radius 3 is 1.85 bits per heavy atom. The normalized spacial score (nSPS) is 23.8. The molecule has 8 atom stereocenters. The molecule has 2 heterocycles. The third-order valence-electron chi connectivity index (χ3n) is 15.5. The van der Waals surface area contributed by atoms with Gasteiger partial charge < -0.3 is 31.9 Å². The van der Waals surface area contributed by atoms with Gasteiger partial charge in [-0.15, -0.1) is 0 Å². The van der Waals surface area contributed by atoms with Crippen molar-refractivity contribution in [3.8, 4) is 0 Å². The van der Waals surface area contributed by atoms with Gasteiger partial charge in [-0.2, -0.15) is 0 Å². The van der Waals surface area contributed by atoms with Crippen molar-refractivity contribution in [1.82, 2.24) is 0 Å². The lowest BCUT2D eigenvalue weighted by molar-refractivity contribution is -0.267. The summed E-state index contributed by atoms with van der Waals surface area (Å²) in [6.07, 6.45) is 3.69. The molecule has 65 heavy (non-hydrogen) atoms. The molecule has 0 radical (unpaired) electrons. The summed E-state index contributed by atoms with van der Waals surface area (Å²) in [7, 11) is -9.15. The minimum atomic E-state index is -2.49. The van der Waals surface area contributed by atoms with Crippen molar-refractivity contribution in [3.05, 3.63) is 59.1 Å². The molecular formula is C51H91BrO9Si4. The standard InChI is InChI=1S/C51H91BrO9Si4/c1-20-65(21-2,22-3)55-35-34-40-31-33-42-44(56-40)46(60-63(16,17)50(8,9)10)47(61-64(18,19)51(11,12)13)45(58-42)43(59-62(14,15)49(5,6)7)32-29-39(53)28-30-41(36-37(4)52)57-48(54)38-26-24-23-25-27-38/h23-27,29,32,40-47H,4,20-22,28,30-31,33-36H2,1-3,5-19H3/b32-29+/t40-,41-,42+,43?,44+,45+,46?,47?/m1/s1. The number of hydrogen-bond donors (Lipinski definition) is 0. The first-order chi connectivity index (χ1) is 29.8. The van der Waals surface area contributed by atoms with Gasteiger partial charge in [0.25, 0.3) is 0 Å². The number of ketones is 1. The minimum Gasteiger partial charge on any atom is -0.458 e. The molecular weight excluding hydrogens is 949 g/mol. The average Bonchev–Trinajstić information content (AvgIpc) is 3.19. The number of esters is 1. The first-order valence-electron chi connectivity index (χ1n) is 24.6. The summed E-state index contributed by atoms with van der Waals surface area (Å²) in [6.45, 7) is 45.6. The fourth-order valence-corrected chi connectivity index (χ4v) is 14.7. The van der Waals surface area contributed by atoms with Gasteiger partial charge >= 0.3 is 5.97 Å². The number of carbonyl (C=O) groups excluding carboxylic acids is 2. The molecule has 2 fully saturated rings. The van der Waals surface area contributed by atoms with Gasteiger partial charge in [0.2, 0.25) is 0 Å². The molecule has 1 aromatic carbocycles. The van der Waals surface area contributed by atoms with Gasteiger partial charge in [-0.3, -0.25) is 4.79 Å². The molecule has 0 aromatic heterocycles. The van der Waals surface area contributed by atoms with Gasteiger partial charge in [-0.25, -0.2) is 4.79 Å². The van der Waals surface area contributed by atoms with Gasteiger partial charge in [-0.05, 0) is 121 Å². The second-order valence-electron chi connectivity index (χ2n) is 23.3. The highest BCUT2D eigenvalue weighted by Crippen LogP contribution is 2.47. The topological polar surface area (TPSA) is 98.8 Å². The molecule has 0 N–H and O–H groups in total. The molecule has 14 heteroatoms. The van der Waals surface area contributed by atoms with E-state index in [1.807, 2.05) is 12.1 Å². The van der Waals surface area contributed by atoms with Gasteiger partial charge in [0, 0.05) is 19.4 Å². The van der Waals surface area contributed by atoms with E-state index in [1.54, 1.807) is 30.3 Å². The molecule has 0 aliphatic carbocycles. The first kappa shape index (κ1) is 58.3. The molecule has 2 aliphatic heterocycles. The molecule has 2 saturated heterocycles. The number of benzene rings is 1. The Morgan fingerprint density at radius 2 is 1.34 bits per heavy atom. The number of hydrogen-bond acceptors (Lipinski definition) is 9. The summed E-state index contributed by atoms with van der Waals surface area (Å²) in [5.74, 6) is -0.517. The summed E-state index contributed by atoms with van der Waals surface area (Å²) in [4.78, 5) is 27.1. The number of carbonyl (C=O) groups is 2. The van der Waals surface area contributed by atoms with Crippen molar-refractivity contribution >= 4 is 61.0 Å². The lowest BCUT2D eigenvalue weighted by atomic mass is 9.87. The van der Waals surface area contributed by atoms with Crippen molar-refractivity contribution in [2.45, 2.75) is 243 Å². The zero-order valence-corrected chi connectivity index (χ0v) is 49.6. The predicted molar refractivity (Wildman–Crippen MR) is 282 cm³/mol. The second-order valence-corrected chi connectivity index (χ2v) is 43.5. The molecule has 2 aliphatic rings. The first-order valence-corrected chi connectivity index (χ1v) is 36.7. The van der Waals surface area contributed by atoms with Crippen LogP contribution >= 0.6 is 15.9 Å². The maximum Gasteiger partial charge on any atom is 0.338 e. The monoisotopic (exact) mass is 1040 g/mol. The van der Waals surface area contributed by atoms with Gasteiger partial charge in [0.15, 0.2) is 39.1 Å². The van der Waals surface area contributed by atoms with Crippen LogP contribution in [0.25, 0.3) is 0 Å². The molecule has 0 saturated carbocycles. The quantitative estimate of drug-likeness (QED) is 0.0603. The van der Waals surface area contributed by atoms with Crippen LogP contribution in [0.3, 0.4) is 0 Å². The molecule has 0 spiro atoms. The second kappa shape index (κ2) is 23.7. The number of fused-ring (bicyclic) bond motifs is 1. The number of rotatable bonds is 23. The van der Waals surface area contributed by atoms with Crippen LogP contribution in [0.1, 0.15) is 132 Å². The lowest BCUT2D eigenvalue weighted by Crippen LogP contribution is -2.69. The lowest BCUT2D eigenvalue weighted by Gasteiger charge is -2.56. The fraction of sp³-hybridized carbons (Fsp3) is 0.765. The Hall–Kier alpha value is -1.05. The van der Waals surface area contributed by atoms with Crippen molar-refractivity contribution in [3.63, 3.8) is 0 Å². The van der Waals surface area contributed by atoms with Crippen molar-refractivity contribution in [2.24, 2.45) is 0 Å². The van der Waals surface area contributed by atoms with Crippen LogP contribution in [0.2, 0.25) is 72.5 Å². The highest BCUT2D eigenvalue weighted by atomic mass is 79.9. The van der Waals surface area contributed by atoms with E-state index in [4.69, 9.17) is 31.9 Å². The summed E-state index contributed by atoms with van der Waals surface area (Å²) in [5, 5.41) is -0.315. The molecule has 3 unspecified atom stereocenters. The van der Waals surface area contributed by atoms with Gasteiger partial charge in [0.05, 0.1) is 23.9 Å². The highest BCUT2D eigenvalue weighted by Gasteiger charge is 2.58. The Kier molecular flexibility index (Phi) is 21.2. The Balaban J connectivity index is 2.12. The number of halogens is 1. The van der Waals surface area contributed by atoms with E-state index in [1.165, 1.54) is 0 Å². The Morgan fingerprint density at radius 1 is 0.800 bits per heavy atom.